The van der Waals surface area contributed by atoms with E-state index >= 15 is 0 Å². The minimum atomic E-state index is -4.71. The first-order valence-electron chi connectivity index (χ1n) is 5.43. The number of halogens is 4. The molecule has 0 spiro atoms. The van der Waals surface area contributed by atoms with Gasteiger partial charge in [-0.15, -0.1) is 0 Å². The zero-order valence-electron chi connectivity index (χ0n) is 9.66. The summed E-state index contributed by atoms with van der Waals surface area (Å²) in [5, 5.41) is 0. The fourth-order valence-electron chi connectivity index (χ4n) is 1.69. The van der Waals surface area contributed by atoms with Crippen molar-refractivity contribution >= 4 is 0 Å². The average Bonchev–Trinajstić information content (AvgIpc) is 2.37. The minimum absolute atomic E-state index is 0.240. The molecule has 6 heteroatoms. The molecule has 1 atom stereocenters. The van der Waals surface area contributed by atoms with E-state index in [-0.39, 0.29) is 5.56 Å². The summed E-state index contributed by atoms with van der Waals surface area (Å²) in [4.78, 5) is 3.99. The molecule has 2 nitrogen and oxygen atoms in total. The fourth-order valence-corrected chi connectivity index (χ4v) is 1.69. The summed E-state index contributed by atoms with van der Waals surface area (Å²) in [6.45, 7) is 0. The van der Waals surface area contributed by atoms with Crippen LogP contribution in [0.25, 0.3) is 0 Å². The quantitative estimate of drug-likeness (QED) is 0.850. The van der Waals surface area contributed by atoms with Crippen LogP contribution in [0.5, 0.6) is 0 Å². The number of hydrogen-bond acceptors (Lipinski definition) is 2. The molecule has 0 radical (unpaired) electrons. The lowest BCUT2D eigenvalue weighted by molar-refractivity contribution is -0.140. The second-order valence-corrected chi connectivity index (χ2v) is 3.97. The molecule has 19 heavy (non-hydrogen) atoms. The van der Waals surface area contributed by atoms with E-state index in [4.69, 9.17) is 5.73 Å². The van der Waals surface area contributed by atoms with Crippen molar-refractivity contribution < 1.29 is 17.6 Å². The molecule has 0 aliphatic carbocycles. The third kappa shape index (κ3) is 2.90. The fraction of sp³-hybridized carbons (Fsp3) is 0.154. The van der Waals surface area contributed by atoms with Gasteiger partial charge in [-0.05, 0) is 29.8 Å². The first-order chi connectivity index (χ1) is 8.89. The number of alkyl halides is 3. The van der Waals surface area contributed by atoms with E-state index < -0.39 is 23.6 Å². The molecule has 2 N–H and O–H groups in total. The summed E-state index contributed by atoms with van der Waals surface area (Å²) in [5.74, 6) is -1.34. The number of aromatic nitrogens is 1. The van der Waals surface area contributed by atoms with Gasteiger partial charge < -0.3 is 5.73 Å². The molecule has 0 bridgehead atoms. The average molecular weight is 270 g/mol. The van der Waals surface area contributed by atoms with Gasteiger partial charge in [0, 0.05) is 6.20 Å². The molecule has 0 saturated carbocycles. The monoisotopic (exact) mass is 270 g/mol. The van der Waals surface area contributed by atoms with Gasteiger partial charge in [-0.25, -0.2) is 4.39 Å². The highest BCUT2D eigenvalue weighted by molar-refractivity contribution is 5.32. The van der Waals surface area contributed by atoms with Crippen molar-refractivity contribution in [2.45, 2.75) is 12.2 Å². The largest absolute Gasteiger partial charge is 0.419 e. The molecule has 2 rings (SSSR count). The first-order valence-corrected chi connectivity index (χ1v) is 5.43. The molecule has 1 unspecified atom stereocenters. The van der Waals surface area contributed by atoms with Crippen molar-refractivity contribution in [3.8, 4) is 0 Å². The highest BCUT2D eigenvalue weighted by Crippen LogP contribution is 2.32. The summed E-state index contributed by atoms with van der Waals surface area (Å²) in [7, 11) is 0. The third-order valence-corrected chi connectivity index (χ3v) is 2.66. The number of benzene rings is 1. The van der Waals surface area contributed by atoms with Crippen LogP contribution in [0, 0.1) is 5.82 Å². The van der Waals surface area contributed by atoms with E-state index in [0.717, 1.165) is 12.1 Å². The highest BCUT2D eigenvalue weighted by atomic mass is 19.4. The summed E-state index contributed by atoms with van der Waals surface area (Å²) >= 11 is 0. The van der Waals surface area contributed by atoms with E-state index in [0.29, 0.717) is 11.8 Å². The van der Waals surface area contributed by atoms with Gasteiger partial charge in [0.1, 0.15) is 5.82 Å². The van der Waals surface area contributed by atoms with Crippen molar-refractivity contribution in [3.63, 3.8) is 0 Å². The van der Waals surface area contributed by atoms with Gasteiger partial charge in [-0.3, -0.25) is 4.98 Å². The van der Waals surface area contributed by atoms with Crippen LogP contribution >= 0.6 is 0 Å². The van der Waals surface area contributed by atoms with Gasteiger partial charge in [0.2, 0.25) is 0 Å². The molecule has 2 aromatic rings. The Balaban J connectivity index is 2.35. The Hall–Kier alpha value is -1.95. The maximum Gasteiger partial charge on any atom is 0.419 e. The van der Waals surface area contributed by atoms with Gasteiger partial charge in [-0.2, -0.15) is 13.2 Å². The van der Waals surface area contributed by atoms with E-state index in [1.807, 2.05) is 0 Å². The summed E-state index contributed by atoms with van der Waals surface area (Å²) in [5.41, 5.74) is 5.23. The van der Waals surface area contributed by atoms with Crippen molar-refractivity contribution in [1.82, 2.24) is 4.98 Å². The standard InChI is InChI=1S/C13H10F4N2/c14-10-7-8(4-5-9(10)13(15,16)17)12(18)11-3-1-2-6-19-11/h1-7,12H,18H2. The number of hydrogen-bond donors (Lipinski definition) is 1. The molecule has 0 amide bonds. The van der Waals surface area contributed by atoms with Gasteiger partial charge >= 0.3 is 6.18 Å². The van der Waals surface area contributed by atoms with Crippen LogP contribution in [0.1, 0.15) is 22.9 Å². The maximum atomic E-state index is 13.4. The highest BCUT2D eigenvalue weighted by Gasteiger charge is 2.34. The SMILES string of the molecule is NC(c1ccc(C(F)(F)F)c(F)c1)c1ccccn1. The Kier molecular flexibility index (Phi) is 3.53. The number of nitrogens with zero attached hydrogens (tertiary/aromatic N) is 1. The lowest BCUT2D eigenvalue weighted by Crippen LogP contribution is -2.15. The van der Waals surface area contributed by atoms with Crippen LogP contribution in [0.2, 0.25) is 0 Å². The Morgan fingerprint density at radius 2 is 1.84 bits per heavy atom. The van der Waals surface area contributed by atoms with Crippen LogP contribution in [-0.2, 0) is 6.18 Å². The van der Waals surface area contributed by atoms with E-state index in [1.165, 1.54) is 6.20 Å². The predicted octanol–water partition coefficient (Wildman–Crippen LogP) is 3.29. The minimum Gasteiger partial charge on any atom is -0.319 e. The molecular formula is C13H10F4N2. The van der Waals surface area contributed by atoms with Crippen LogP contribution in [0.3, 0.4) is 0 Å². The van der Waals surface area contributed by atoms with E-state index in [9.17, 15) is 17.6 Å². The van der Waals surface area contributed by atoms with Crippen LogP contribution in [0.15, 0.2) is 42.6 Å². The second kappa shape index (κ2) is 4.97. The number of nitrogens with two attached hydrogens (primary N) is 1. The number of rotatable bonds is 2. The van der Waals surface area contributed by atoms with E-state index in [1.54, 1.807) is 18.2 Å². The molecule has 1 heterocycles. The molecule has 1 aromatic carbocycles. The molecule has 1 aromatic heterocycles. The zero-order valence-corrected chi connectivity index (χ0v) is 9.66. The Morgan fingerprint density at radius 3 is 2.37 bits per heavy atom. The third-order valence-electron chi connectivity index (χ3n) is 2.66. The maximum absolute atomic E-state index is 13.4. The summed E-state index contributed by atoms with van der Waals surface area (Å²) in [6, 6.07) is 6.88. The zero-order chi connectivity index (χ0) is 14.0. The molecular weight excluding hydrogens is 260 g/mol. The van der Waals surface area contributed by atoms with Gasteiger partial charge in [0.15, 0.2) is 0 Å². The van der Waals surface area contributed by atoms with Crippen molar-refractivity contribution in [1.29, 1.82) is 0 Å². The number of pyridine rings is 1. The Morgan fingerprint density at radius 1 is 1.11 bits per heavy atom. The first kappa shape index (κ1) is 13.5. The van der Waals surface area contributed by atoms with Crippen molar-refractivity contribution in [2.75, 3.05) is 0 Å². The molecule has 100 valence electrons. The molecule has 0 aliphatic rings. The molecule has 0 aliphatic heterocycles. The van der Waals surface area contributed by atoms with Gasteiger partial charge in [-0.1, -0.05) is 12.1 Å². The van der Waals surface area contributed by atoms with Gasteiger partial charge in [0.05, 0.1) is 17.3 Å². The van der Waals surface area contributed by atoms with Crippen molar-refractivity contribution in [2.24, 2.45) is 5.73 Å². The Labute approximate surface area is 106 Å². The van der Waals surface area contributed by atoms with Crippen molar-refractivity contribution in [3.05, 3.63) is 65.2 Å². The molecule has 0 saturated heterocycles. The van der Waals surface area contributed by atoms with Crippen LogP contribution in [-0.4, -0.2) is 4.98 Å². The lowest BCUT2D eigenvalue weighted by Gasteiger charge is -2.14. The summed E-state index contributed by atoms with van der Waals surface area (Å²) < 4.78 is 50.7. The van der Waals surface area contributed by atoms with E-state index in [2.05, 4.69) is 4.98 Å². The van der Waals surface area contributed by atoms with Gasteiger partial charge in [0.25, 0.3) is 0 Å². The summed E-state index contributed by atoms with van der Waals surface area (Å²) in [6.07, 6.45) is -3.20. The molecule has 0 fully saturated rings. The van der Waals surface area contributed by atoms with Crippen LogP contribution < -0.4 is 5.73 Å². The second-order valence-electron chi connectivity index (χ2n) is 3.97. The normalized spacial score (nSPS) is 13.3. The lowest BCUT2D eigenvalue weighted by atomic mass is 10.0. The predicted molar refractivity (Wildman–Crippen MR) is 61.7 cm³/mol. The topological polar surface area (TPSA) is 38.9 Å². The van der Waals surface area contributed by atoms with Crippen LogP contribution in [0.4, 0.5) is 17.6 Å². The smallest absolute Gasteiger partial charge is 0.319 e. The Bertz CT molecular complexity index is 567.